The fourth-order valence-corrected chi connectivity index (χ4v) is 3.10. The molecule has 1 aromatic heterocycles. The monoisotopic (exact) mass is 342 g/mol. The molecule has 1 atom stereocenters. The Balaban J connectivity index is 1.70. The molecule has 1 saturated heterocycles. The van der Waals surface area contributed by atoms with Crippen molar-refractivity contribution in [3.8, 4) is 0 Å². The van der Waals surface area contributed by atoms with E-state index in [9.17, 15) is 4.79 Å². The summed E-state index contributed by atoms with van der Waals surface area (Å²) in [6.07, 6.45) is 5.95. The number of imidazole rings is 1. The van der Waals surface area contributed by atoms with Crippen LogP contribution in [0.3, 0.4) is 0 Å². The second-order valence-corrected chi connectivity index (χ2v) is 6.31. The Hall–Kier alpha value is -2.34. The van der Waals surface area contributed by atoms with E-state index in [0.29, 0.717) is 19.6 Å². The summed E-state index contributed by atoms with van der Waals surface area (Å²) in [7, 11) is 0. The Bertz CT molecular complexity index is 665. The lowest BCUT2D eigenvalue weighted by Crippen LogP contribution is -2.43. The molecule has 1 fully saturated rings. The van der Waals surface area contributed by atoms with Crippen molar-refractivity contribution in [3.05, 3.63) is 54.1 Å². The van der Waals surface area contributed by atoms with Gasteiger partial charge >= 0.3 is 6.03 Å². The number of nitrogens with zero attached hydrogens (tertiary/aromatic N) is 3. The summed E-state index contributed by atoms with van der Waals surface area (Å²) >= 11 is 0. The fraction of sp³-hybridized carbons (Fsp3) is 0.474. The van der Waals surface area contributed by atoms with Crippen molar-refractivity contribution in [2.45, 2.75) is 39.0 Å². The number of carbonyl (C=O) groups excluding carboxylic acids is 1. The average molecular weight is 342 g/mol. The summed E-state index contributed by atoms with van der Waals surface area (Å²) in [5, 5.41) is 2.90. The van der Waals surface area contributed by atoms with Crippen LogP contribution in [0.15, 0.2) is 42.7 Å². The molecule has 0 saturated carbocycles. The number of amides is 2. The molecular formula is C19H26N4O2. The largest absolute Gasteiger partial charge is 0.376 e. The van der Waals surface area contributed by atoms with Crippen molar-refractivity contribution in [1.82, 2.24) is 19.8 Å². The molecular weight excluding hydrogens is 316 g/mol. The molecule has 1 aliphatic heterocycles. The quantitative estimate of drug-likeness (QED) is 0.841. The van der Waals surface area contributed by atoms with Crippen LogP contribution >= 0.6 is 0 Å². The molecule has 134 valence electrons. The Labute approximate surface area is 148 Å². The Morgan fingerprint density at radius 2 is 2.24 bits per heavy atom. The van der Waals surface area contributed by atoms with Gasteiger partial charge in [0.1, 0.15) is 5.82 Å². The zero-order chi connectivity index (χ0) is 17.5. The summed E-state index contributed by atoms with van der Waals surface area (Å²) in [6.45, 7) is 5.16. The first-order chi connectivity index (χ1) is 12.3. The standard InChI is InChI=1S/C19H26N4O2/c1-2-20-19(24)23(14-17-9-6-12-25-17)15-18-21-10-11-22(18)13-16-7-4-3-5-8-16/h3-5,7-8,10-11,17H,2,6,9,12-15H2,1H3,(H,20,24). The number of urea groups is 1. The SMILES string of the molecule is CCNC(=O)N(Cc1nccn1Cc1ccccc1)CC1CCCO1. The molecule has 2 aromatic rings. The number of benzene rings is 1. The van der Waals surface area contributed by atoms with Gasteiger partial charge in [-0.3, -0.25) is 0 Å². The normalized spacial score (nSPS) is 16.8. The van der Waals surface area contributed by atoms with Crippen molar-refractivity contribution in [2.24, 2.45) is 0 Å². The van der Waals surface area contributed by atoms with Crippen molar-refractivity contribution in [3.63, 3.8) is 0 Å². The van der Waals surface area contributed by atoms with Gasteiger partial charge in [-0.15, -0.1) is 0 Å². The maximum atomic E-state index is 12.4. The number of nitrogens with one attached hydrogen (secondary N) is 1. The summed E-state index contributed by atoms with van der Waals surface area (Å²) in [5.41, 5.74) is 1.21. The number of ether oxygens (including phenoxy) is 1. The predicted molar refractivity (Wildman–Crippen MR) is 96.2 cm³/mol. The zero-order valence-electron chi connectivity index (χ0n) is 14.7. The molecule has 3 rings (SSSR count). The van der Waals surface area contributed by atoms with Crippen molar-refractivity contribution < 1.29 is 9.53 Å². The molecule has 6 nitrogen and oxygen atoms in total. The van der Waals surface area contributed by atoms with Crippen molar-refractivity contribution in [2.75, 3.05) is 19.7 Å². The molecule has 1 unspecified atom stereocenters. The molecule has 0 bridgehead atoms. The maximum absolute atomic E-state index is 12.4. The van der Waals surface area contributed by atoms with E-state index in [2.05, 4.69) is 27.0 Å². The van der Waals surface area contributed by atoms with Crippen molar-refractivity contribution in [1.29, 1.82) is 0 Å². The molecule has 1 aliphatic rings. The highest BCUT2D eigenvalue weighted by Gasteiger charge is 2.23. The van der Waals surface area contributed by atoms with E-state index in [4.69, 9.17) is 4.74 Å². The van der Waals surface area contributed by atoms with E-state index in [0.717, 1.165) is 31.8 Å². The van der Waals surface area contributed by atoms with Gasteiger partial charge in [0, 0.05) is 38.6 Å². The van der Waals surface area contributed by atoms with Gasteiger partial charge in [0.25, 0.3) is 0 Å². The predicted octanol–water partition coefficient (Wildman–Crippen LogP) is 2.64. The molecule has 2 amide bonds. The van der Waals surface area contributed by atoms with Gasteiger partial charge in [-0.05, 0) is 25.3 Å². The summed E-state index contributed by atoms with van der Waals surface area (Å²) in [5.74, 6) is 0.883. The van der Waals surface area contributed by atoms with E-state index >= 15 is 0 Å². The first kappa shape index (κ1) is 17.5. The van der Waals surface area contributed by atoms with Crippen LogP contribution in [0, 0.1) is 0 Å². The van der Waals surface area contributed by atoms with Crippen molar-refractivity contribution >= 4 is 6.03 Å². The lowest BCUT2D eigenvalue weighted by Gasteiger charge is -2.25. The zero-order valence-corrected chi connectivity index (χ0v) is 14.7. The highest BCUT2D eigenvalue weighted by atomic mass is 16.5. The lowest BCUT2D eigenvalue weighted by atomic mass is 10.2. The smallest absolute Gasteiger partial charge is 0.317 e. The van der Waals surface area contributed by atoms with E-state index in [-0.39, 0.29) is 12.1 Å². The van der Waals surface area contributed by atoms with Crippen LogP contribution in [-0.2, 0) is 17.8 Å². The van der Waals surface area contributed by atoms with Gasteiger partial charge in [0.15, 0.2) is 0 Å². The maximum Gasteiger partial charge on any atom is 0.317 e. The molecule has 2 heterocycles. The molecule has 1 N–H and O–H groups in total. The number of hydrogen-bond acceptors (Lipinski definition) is 3. The van der Waals surface area contributed by atoms with Crippen LogP contribution in [0.4, 0.5) is 4.79 Å². The third kappa shape index (κ3) is 4.82. The topological polar surface area (TPSA) is 59.4 Å². The van der Waals surface area contributed by atoms with E-state index in [1.807, 2.05) is 36.2 Å². The van der Waals surface area contributed by atoms with E-state index in [1.54, 1.807) is 6.20 Å². The average Bonchev–Trinajstić information content (AvgIpc) is 3.28. The van der Waals surface area contributed by atoms with E-state index in [1.165, 1.54) is 5.56 Å². The third-order valence-electron chi connectivity index (χ3n) is 4.39. The van der Waals surface area contributed by atoms with Crippen LogP contribution in [0.25, 0.3) is 0 Å². The van der Waals surface area contributed by atoms with Crippen LogP contribution in [0.5, 0.6) is 0 Å². The minimum Gasteiger partial charge on any atom is -0.376 e. The van der Waals surface area contributed by atoms with Crippen LogP contribution in [-0.4, -0.2) is 46.3 Å². The Kier molecular flexibility index (Phi) is 6.06. The molecule has 0 aliphatic carbocycles. The Morgan fingerprint density at radius 3 is 2.96 bits per heavy atom. The first-order valence-corrected chi connectivity index (χ1v) is 8.94. The van der Waals surface area contributed by atoms with Gasteiger partial charge in [-0.2, -0.15) is 0 Å². The third-order valence-corrected chi connectivity index (χ3v) is 4.39. The first-order valence-electron chi connectivity index (χ1n) is 8.94. The summed E-state index contributed by atoms with van der Waals surface area (Å²) in [4.78, 5) is 18.7. The highest BCUT2D eigenvalue weighted by molar-refractivity contribution is 5.74. The van der Waals surface area contributed by atoms with Gasteiger partial charge in [-0.1, -0.05) is 30.3 Å². The van der Waals surface area contributed by atoms with Gasteiger partial charge in [0.2, 0.25) is 0 Å². The van der Waals surface area contributed by atoms with Gasteiger partial charge in [-0.25, -0.2) is 9.78 Å². The summed E-state index contributed by atoms with van der Waals surface area (Å²) < 4.78 is 7.80. The van der Waals surface area contributed by atoms with Crippen LogP contribution in [0.2, 0.25) is 0 Å². The number of hydrogen-bond donors (Lipinski definition) is 1. The highest BCUT2D eigenvalue weighted by Crippen LogP contribution is 2.15. The van der Waals surface area contributed by atoms with Gasteiger partial charge in [0.05, 0.1) is 12.6 Å². The molecule has 0 radical (unpaired) electrons. The number of rotatable bonds is 7. The second-order valence-electron chi connectivity index (χ2n) is 6.31. The second kappa shape index (κ2) is 8.67. The van der Waals surface area contributed by atoms with Crippen LogP contribution in [0.1, 0.15) is 31.2 Å². The molecule has 25 heavy (non-hydrogen) atoms. The molecule has 0 spiro atoms. The fourth-order valence-electron chi connectivity index (χ4n) is 3.10. The molecule has 6 heteroatoms. The number of aromatic nitrogens is 2. The minimum atomic E-state index is -0.0627. The number of carbonyl (C=O) groups is 1. The lowest BCUT2D eigenvalue weighted by molar-refractivity contribution is 0.0787. The minimum absolute atomic E-state index is 0.0627. The Morgan fingerprint density at radius 1 is 1.40 bits per heavy atom. The van der Waals surface area contributed by atoms with Gasteiger partial charge < -0.3 is 19.5 Å². The van der Waals surface area contributed by atoms with Crippen LogP contribution < -0.4 is 5.32 Å². The van der Waals surface area contributed by atoms with E-state index < -0.39 is 0 Å². The molecule has 1 aromatic carbocycles. The summed E-state index contributed by atoms with van der Waals surface area (Å²) in [6, 6.07) is 10.2.